The second kappa shape index (κ2) is 8.72. The molecule has 8 nitrogen and oxygen atoms in total. The van der Waals surface area contributed by atoms with Crippen molar-refractivity contribution in [1.29, 1.82) is 0 Å². The molecule has 1 aliphatic carbocycles. The van der Waals surface area contributed by atoms with Crippen LogP contribution in [0.2, 0.25) is 0 Å². The van der Waals surface area contributed by atoms with E-state index in [4.69, 9.17) is 10.5 Å². The van der Waals surface area contributed by atoms with Gasteiger partial charge in [-0.2, -0.15) is 0 Å². The van der Waals surface area contributed by atoms with E-state index in [9.17, 15) is 4.79 Å². The Morgan fingerprint density at radius 2 is 2.15 bits per heavy atom. The molecule has 1 fully saturated rings. The number of fused-ring (bicyclic) bond motifs is 2. The van der Waals surface area contributed by atoms with Crippen LogP contribution in [0.5, 0.6) is 0 Å². The van der Waals surface area contributed by atoms with E-state index >= 15 is 4.39 Å². The third-order valence-electron chi connectivity index (χ3n) is 6.88. The normalized spacial score (nSPS) is 22.5. The topological polar surface area (TPSA) is 98.3 Å². The molecular weight excluding hydrogens is 423 g/mol. The number of aryl methyl sites for hydroxylation is 2. The molecule has 0 radical (unpaired) electrons. The van der Waals surface area contributed by atoms with Crippen molar-refractivity contribution >= 4 is 22.6 Å². The highest BCUT2D eigenvalue weighted by molar-refractivity contribution is 5.95. The van der Waals surface area contributed by atoms with Crippen LogP contribution < -0.4 is 16.0 Å². The minimum absolute atomic E-state index is 0.0495. The second-order valence-electron chi connectivity index (χ2n) is 8.93. The summed E-state index contributed by atoms with van der Waals surface area (Å²) >= 11 is 0. The number of rotatable bonds is 5. The Bertz CT molecular complexity index is 1200. The zero-order valence-electron chi connectivity index (χ0n) is 18.9. The van der Waals surface area contributed by atoms with Gasteiger partial charge in [-0.05, 0) is 61.6 Å². The molecule has 3 aromatic rings. The summed E-state index contributed by atoms with van der Waals surface area (Å²) in [7, 11) is 1.65. The Kier molecular flexibility index (Phi) is 5.76. The molecule has 9 heteroatoms. The maximum absolute atomic E-state index is 15.1. The molecule has 0 spiro atoms. The van der Waals surface area contributed by atoms with E-state index in [0.717, 1.165) is 35.2 Å². The smallest absolute Gasteiger partial charge is 0.272 e. The number of benzene rings is 1. The van der Waals surface area contributed by atoms with Gasteiger partial charge in [0.25, 0.3) is 5.91 Å². The first kappa shape index (κ1) is 21.8. The van der Waals surface area contributed by atoms with Crippen molar-refractivity contribution in [3.8, 4) is 0 Å². The fourth-order valence-corrected chi connectivity index (χ4v) is 4.98. The van der Waals surface area contributed by atoms with E-state index < -0.39 is 0 Å². The van der Waals surface area contributed by atoms with Crippen LogP contribution in [0.4, 0.5) is 10.1 Å². The number of nitrogens with zero attached hydrogens (tertiary/aromatic N) is 4. The summed E-state index contributed by atoms with van der Waals surface area (Å²) in [5.74, 6) is -0.520. The number of methoxy groups -OCH3 is 1. The number of ether oxygens (including phenoxy) is 1. The standard InChI is InChI=1S/C24H29FN6O2/c1-3-30-7-6-15-9-21(28-29-23(15)30)24(32)27-16-5-4-14-8-17(11-19(25)18(14)10-16)31-12-20(26)22(13-31)33-2/h6-9,11,16,20,22H,3-5,10,12-13,26H2,1-2H3,(H,27,32)/t16-,20-,22-/m0/s1. The van der Waals surface area contributed by atoms with E-state index in [0.29, 0.717) is 31.5 Å². The molecule has 1 aliphatic heterocycles. The fraction of sp³-hybridized carbons (Fsp3) is 0.458. The van der Waals surface area contributed by atoms with Crippen molar-refractivity contribution in [3.05, 3.63) is 53.1 Å². The molecule has 0 unspecified atom stereocenters. The summed E-state index contributed by atoms with van der Waals surface area (Å²) in [5.41, 5.74) is 9.67. The van der Waals surface area contributed by atoms with Gasteiger partial charge in [0.05, 0.1) is 12.1 Å². The first-order valence-corrected chi connectivity index (χ1v) is 11.4. The number of anilines is 1. The van der Waals surface area contributed by atoms with Crippen molar-refractivity contribution in [3.63, 3.8) is 0 Å². The van der Waals surface area contributed by atoms with Crippen molar-refractivity contribution in [2.75, 3.05) is 25.1 Å². The highest BCUT2D eigenvalue weighted by Gasteiger charge is 2.32. The van der Waals surface area contributed by atoms with Crippen LogP contribution in [0.25, 0.3) is 11.0 Å². The number of nitrogens with two attached hydrogens (primary N) is 1. The molecule has 2 aliphatic rings. The van der Waals surface area contributed by atoms with Crippen LogP contribution in [0, 0.1) is 5.82 Å². The summed E-state index contributed by atoms with van der Waals surface area (Å²) in [6.45, 7) is 4.11. The third-order valence-corrected chi connectivity index (χ3v) is 6.88. The summed E-state index contributed by atoms with van der Waals surface area (Å²) < 4.78 is 22.5. The molecule has 33 heavy (non-hydrogen) atoms. The average molecular weight is 453 g/mol. The van der Waals surface area contributed by atoms with Gasteiger partial charge in [-0.25, -0.2) is 4.39 Å². The van der Waals surface area contributed by atoms with Gasteiger partial charge >= 0.3 is 0 Å². The summed E-state index contributed by atoms with van der Waals surface area (Å²) in [6.07, 6.45) is 3.77. The van der Waals surface area contributed by atoms with Crippen LogP contribution in [-0.4, -0.2) is 59.1 Å². The number of nitrogens with one attached hydrogen (secondary N) is 1. The van der Waals surface area contributed by atoms with Crippen molar-refractivity contribution in [1.82, 2.24) is 20.1 Å². The quantitative estimate of drug-likeness (QED) is 0.615. The van der Waals surface area contributed by atoms with Gasteiger partial charge in [-0.3, -0.25) is 4.79 Å². The Labute approximate surface area is 191 Å². The van der Waals surface area contributed by atoms with E-state index in [2.05, 4.69) is 26.5 Å². The van der Waals surface area contributed by atoms with Gasteiger partial charge in [0, 0.05) is 50.1 Å². The number of hydrogen-bond donors (Lipinski definition) is 2. The van der Waals surface area contributed by atoms with Gasteiger partial charge in [-0.1, -0.05) is 0 Å². The average Bonchev–Trinajstić information content (AvgIpc) is 3.41. The first-order chi connectivity index (χ1) is 16.0. The van der Waals surface area contributed by atoms with Gasteiger partial charge in [-0.15, -0.1) is 10.2 Å². The van der Waals surface area contributed by atoms with Crippen LogP contribution in [0.15, 0.2) is 30.5 Å². The predicted molar refractivity (Wildman–Crippen MR) is 124 cm³/mol. The lowest BCUT2D eigenvalue weighted by Gasteiger charge is -2.28. The predicted octanol–water partition coefficient (Wildman–Crippen LogP) is 2.04. The lowest BCUT2D eigenvalue weighted by molar-refractivity contribution is 0.0927. The molecule has 0 saturated carbocycles. The molecule has 174 valence electrons. The Balaban J connectivity index is 1.29. The minimum atomic E-state index is -0.282. The largest absolute Gasteiger partial charge is 0.378 e. The highest BCUT2D eigenvalue weighted by atomic mass is 19.1. The zero-order chi connectivity index (χ0) is 23.1. The maximum atomic E-state index is 15.1. The molecule has 2 aromatic heterocycles. The summed E-state index contributed by atoms with van der Waals surface area (Å²) in [6, 6.07) is 7.07. The summed E-state index contributed by atoms with van der Waals surface area (Å²) in [4.78, 5) is 14.9. The Morgan fingerprint density at radius 1 is 1.30 bits per heavy atom. The Morgan fingerprint density at radius 3 is 2.91 bits per heavy atom. The third kappa shape index (κ3) is 4.06. The number of carbonyl (C=O) groups is 1. The molecular formula is C24H29FN6O2. The number of aromatic nitrogens is 3. The van der Waals surface area contributed by atoms with E-state index in [1.807, 2.05) is 23.8 Å². The van der Waals surface area contributed by atoms with Gasteiger partial charge in [0.2, 0.25) is 0 Å². The first-order valence-electron chi connectivity index (χ1n) is 11.4. The van der Waals surface area contributed by atoms with E-state index in [1.165, 1.54) is 0 Å². The molecule has 5 rings (SSSR count). The summed E-state index contributed by atoms with van der Waals surface area (Å²) in [5, 5.41) is 12.2. The van der Waals surface area contributed by atoms with Crippen LogP contribution >= 0.6 is 0 Å². The number of halogens is 1. The van der Waals surface area contributed by atoms with Gasteiger partial charge in [0.1, 0.15) is 5.82 Å². The van der Waals surface area contributed by atoms with Crippen LogP contribution in [0.1, 0.15) is 35.0 Å². The second-order valence-corrected chi connectivity index (χ2v) is 8.93. The zero-order valence-corrected chi connectivity index (χ0v) is 18.9. The molecule has 1 amide bonds. The lowest BCUT2D eigenvalue weighted by Crippen LogP contribution is -2.39. The Hall–Kier alpha value is -3.04. The SMILES string of the molecule is CCn1ccc2cc(C(=O)N[C@H]3CCc4cc(N5C[C@H](OC)[C@@H](N)C5)cc(F)c4C3)nnc21. The van der Waals surface area contributed by atoms with E-state index in [1.54, 1.807) is 19.2 Å². The van der Waals surface area contributed by atoms with Gasteiger partial charge in [0.15, 0.2) is 11.3 Å². The van der Waals surface area contributed by atoms with Gasteiger partial charge < -0.3 is 25.3 Å². The highest BCUT2D eigenvalue weighted by Crippen LogP contribution is 2.31. The molecule has 3 heterocycles. The molecule has 3 N–H and O–H groups in total. The molecule has 3 atom stereocenters. The maximum Gasteiger partial charge on any atom is 0.272 e. The number of hydrogen-bond acceptors (Lipinski definition) is 6. The number of carbonyl (C=O) groups excluding carboxylic acids is 1. The molecule has 0 bridgehead atoms. The van der Waals surface area contributed by atoms with Crippen molar-refractivity contribution in [2.24, 2.45) is 5.73 Å². The lowest BCUT2D eigenvalue weighted by atomic mass is 9.87. The monoisotopic (exact) mass is 452 g/mol. The molecule has 1 aromatic carbocycles. The fourth-order valence-electron chi connectivity index (χ4n) is 4.98. The molecule has 1 saturated heterocycles. The van der Waals surface area contributed by atoms with Crippen LogP contribution in [0.3, 0.4) is 0 Å². The van der Waals surface area contributed by atoms with E-state index in [-0.39, 0.29) is 35.6 Å². The minimum Gasteiger partial charge on any atom is -0.378 e. The van der Waals surface area contributed by atoms with Crippen molar-refractivity contribution < 1.29 is 13.9 Å². The van der Waals surface area contributed by atoms with Crippen molar-refractivity contribution in [2.45, 2.75) is 50.9 Å². The van der Waals surface area contributed by atoms with Crippen LogP contribution in [-0.2, 0) is 24.1 Å². The number of amides is 1.